The highest BCUT2D eigenvalue weighted by Gasteiger charge is 2.32. The predicted octanol–water partition coefficient (Wildman–Crippen LogP) is -1.00. The zero-order valence-electron chi connectivity index (χ0n) is 8.89. The fourth-order valence-electron chi connectivity index (χ4n) is 1.80. The van der Waals surface area contributed by atoms with Gasteiger partial charge >= 0.3 is 13.1 Å². The van der Waals surface area contributed by atoms with Crippen LogP contribution in [0.4, 0.5) is 4.39 Å². The van der Waals surface area contributed by atoms with Gasteiger partial charge in [-0.1, -0.05) is 12.1 Å². The number of aliphatic carboxylic acids is 1. The van der Waals surface area contributed by atoms with Crippen LogP contribution in [0.5, 0.6) is 0 Å². The van der Waals surface area contributed by atoms with Gasteiger partial charge in [0.05, 0.1) is 6.61 Å². The van der Waals surface area contributed by atoms with Crippen LogP contribution in [0, 0.1) is 5.82 Å². The number of hydrogen-bond acceptors (Lipinski definition) is 4. The van der Waals surface area contributed by atoms with Crippen LogP contribution >= 0.6 is 0 Å². The van der Waals surface area contributed by atoms with Gasteiger partial charge in [0.25, 0.3) is 0 Å². The van der Waals surface area contributed by atoms with E-state index in [0.29, 0.717) is 5.56 Å². The first-order valence-corrected chi connectivity index (χ1v) is 5.09. The van der Waals surface area contributed by atoms with Gasteiger partial charge in [-0.25, -0.2) is 4.39 Å². The summed E-state index contributed by atoms with van der Waals surface area (Å²) in [6.07, 6.45) is -0.124. The number of carbonyl (C=O) groups is 1. The second-order valence-electron chi connectivity index (χ2n) is 3.92. The molecule has 1 aromatic carbocycles. The van der Waals surface area contributed by atoms with E-state index in [-0.39, 0.29) is 24.1 Å². The summed E-state index contributed by atoms with van der Waals surface area (Å²) in [5.74, 6) is -1.83. The van der Waals surface area contributed by atoms with Crippen molar-refractivity contribution in [2.45, 2.75) is 19.1 Å². The average Bonchev–Trinajstić information content (AvgIpc) is 2.64. The van der Waals surface area contributed by atoms with Crippen LogP contribution in [-0.4, -0.2) is 29.3 Å². The molecule has 90 valence electrons. The summed E-state index contributed by atoms with van der Waals surface area (Å²) in [5, 5.41) is 18.1. The Morgan fingerprint density at radius 3 is 3.00 bits per heavy atom. The quantitative estimate of drug-likeness (QED) is 0.588. The molecule has 5 nitrogen and oxygen atoms in total. The van der Waals surface area contributed by atoms with Gasteiger partial charge in [-0.2, -0.15) is 0 Å². The molecule has 0 unspecified atom stereocenters. The molecule has 7 heteroatoms. The molecule has 1 aromatic rings. The Kier molecular flexibility index (Phi) is 3.14. The number of fused-ring (bicyclic) bond motifs is 1. The van der Waals surface area contributed by atoms with Crippen molar-refractivity contribution in [3.05, 3.63) is 29.1 Å². The van der Waals surface area contributed by atoms with Crippen LogP contribution in [0.15, 0.2) is 12.1 Å². The molecule has 0 bridgehead atoms. The Bertz CT molecular complexity index is 468. The van der Waals surface area contributed by atoms with Crippen molar-refractivity contribution in [2.24, 2.45) is 5.73 Å². The Labute approximate surface area is 97.1 Å². The maximum absolute atomic E-state index is 14.0. The van der Waals surface area contributed by atoms with Crippen molar-refractivity contribution in [3.8, 4) is 0 Å². The Balaban J connectivity index is 2.31. The molecule has 0 spiro atoms. The molecular formula is C10H11BFNO4. The summed E-state index contributed by atoms with van der Waals surface area (Å²) in [6, 6.07) is 1.92. The summed E-state index contributed by atoms with van der Waals surface area (Å²) >= 11 is 0. The predicted molar refractivity (Wildman–Crippen MR) is 58.1 cm³/mol. The molecule has 1 aliphatic heterocycles. The summed E-state index contributed by atoms with van der Waals surface area (Å²) in [5.41, 5.74) is 6.16. The summed E-state index contributed by atoms with van der Waals surface area (Å²) in [6.45, 7) is 0.151. The van der Waals surface area contributed by atoms with E-state index in [2.05, 4.69) is 0 Å². The monoisotopic (exact) mass is 239 g/mol. The third-order valence-corrected chi connectivity index (χ3v) is 2.75. The molecule has 1 heterocycles. The van der Waals surface area contributed by atoms with Crippen LogP contribution in [0.25, 0.3) is 0 Å². The first-order valence-electron chi connectivity index (χ1n) is 5.09. The Hall–Kier alpha value is -1.44. The van der Waals surface area contributed by atoms with Gasteiger partial charge in [-0.05, 0) is 11.1 Å². The van der Waals surface area contributed by atoms with E-state index in [1.54, 1.807) is 6.07 Å². The van der Waals surface area contributed by atoms with Gasteiger partial charge in [0.2, 0.25) is 0 Å². The molecule has 0 aliphatic carbocycles. The van der Waals surface area contributed by atoms with E-state index in [0.717, 1.165) is 0 Å². The first-order chi connectivity index (χ1) is 8.00. The number of rotatable bonds is 3. The van der Waals surface area contributed by atoms with Gasteiger partial charge < -0.3 is 20.5 Å². The molecule has 0 saturated carbocycles. The molecular weight excluding hydrogens is 228 g/mol. The normalized spacial score (nSPS) is 15.8. The number of hydrogen-bond donors (Lipinski definition) is 3. The van der Waals surface area contributed by atoms with E-state index < -0.39 is 24.9 Å². The molecule has 0 fully saturated rings. The first kappa shape index (κ1) is 12.0. The van der Waals surface area contributed by atoms with Crippen LogP contribution in [0.2, 0.25) is 0 Å². The van der Waals surface area contributed by atoms with Crippen molar-refractivity contribution in [3.63, 3.8) is 0 Å². The van der Waals surface area contributed by atoms with E-state index in [1.807, 2.05) is 0 Å². The standard InChI is InChI=1S/C10H11BFNO4/c12-9-5(3-7(13)10(14)15)1-2-6-4-17-11(16)8(6)9/h1-2,7,16H,3-4,13H2,(H,14,15)/t7-/m0/s1. The number of carboxylic acid groups (broad SMARTS) is 1. The molecule has 1 atom stereocenters. The van der Waals surface area contributed by atoms with E-state index in [4.69, 9.17) is 15.5 Å². The second-order valence-corrected chi connectivity index (χ2v) is 3.92. The molecule has 0 aromatic heterocycles. The third kappa shape index (κ3) is 2.17. The van der Waals surface area contributed by atoms with Crippen LogP contribution in [-0.2, 0) is 22.5 Å². The van der Waals surface area contributed by atoms with Gasteiger partial charge in [-0.3, -0.25) is 4.79 Å². The zero-order chi connectivity index (χ0) is 12.6. The number of halogens is 1. The lowest BCUT2D eigenvalue weighted by Gasteiger charge is -2.10. The number of carboxylic acids is 1. The van der Waals surface area contributed by atoms with Crippen LogP contribution in [0.3, 0.4) is 0 Å². The summed E-state index contributed by atoms with van der Waals surface area (Å²) in [4.78, 5) is 10.6. The van der Waals surface area contributed by atoms with Crippen LogP contribution in [0.1, 0.15) is 11.1 Å². The lowest BCUT2D eigenvalue weighted by atomic mass is 9.77. The van der Waals surface area contributed by atoms with Crippen LogP contribution < -0.4 is 11.2 Å². The average molecular weight is 239 g/mol. The molecule has 0 amide bonds. The lowest BCUT2D eigenvalue weighted by Crippen LogP contribution is -2.35. The molecule has 17 heavy (non-hydrogen) atoms. The minimum atomic E-state index is -1.29. The van der Waals surface area contributed by atoms with Gasteiger partial charge in [0.15, 0.2) is 0 Å². The highest BCUT2D eigenvalue weighted by Crippen LogP contribution is 2.16. The molecule has 2 rings (SSSR count). The maximum Gasteiger partial charge on any atom is 0.494 e. The van der Waals surface area contributed by atoms with Crippen molar-refractivity contribution in [1.29, 1.82) is 0 Å². The highest BCUT2D eigenvalue weighted by molar-refractivity contribution is 6.61. The molecule has 1 aliphatic rings. The fraction of sp³-hybridized carbons (Fsp3) is 0.300. The minimum absolute atomic E-state index is 0.0834. The molecule has 4 N–H and O–H groups in total. The van der Waals surface area contributed by atoms with E-state index in [9.17, 15) is 14.2 Å². The Morgan fingerprint density at radius 1 is 1.65 bits per heavy atom. The summed E-state index contributed by atoms with van der Waals surface area (Å²) < 4.78 is 18.8. The van der Waals surface area contributed by atoms with E-state index >= 15 is 0 Å². The Morgan fingerprint density at radius 2 is 2.35 bits per heavy atom. The van der Waals surface area contributed by atoms with Gasteiger partial charge in [0.1, 0.15) is 11.9 Å². The molecule has 0 radical (unpaired) electrons. The topological polar surface area (TPSA) is 92.8 Å². The number of nitrogens with two attached hydrogens (primary N) is 1. The van der Waals surface area contributed by atoms with Crippen molar-refractivity contribution in [2.75, 3.05) is 0 Å². The number of benzene rings is 1. The van der Waals surface area contributed by atoms with Gasteiger partial charge in [-0.15, -0.1) is 0 Å². The highest BCUT2D eigenvalue weighted by atomic mass is 19.1. The largest absolute Gasteiger partial charge is 0.494 e. The second kappa shape index (κ2) is 4.44. The zero-order valence-corrected chi connectivity index (χ0v) is 8.89. The smallest absolute Gasteiger partial charge is 0.480 e. The fourth-order valence-corrected chi connectivity index (χ4v) is 1.80. The summed E-state index contributed by atoms with van der Waals surface area (Å²) in [7, 11) is -1.29. The lowest BCUT2D eigenvalue weighted by molar-refractivity contribution is -0.138. The van der Waals surface area contributed by atoms with Crippen molar-refractivity contribution >= 4 is 18.6 Å². The minimum Gasteiger partial charge on any atom is -0.480 e. The SMILES string of the molecule is N[C@@H](Cc1ccc2c(c1F)B(O)OC2)C(=O)O. The van der Waals surface area contributed by atoms with E-state index in [1.165, 1.54) is 6.07 Å². The van der Waals surface area contributed by atoms with Crippen molar-refractivity contribution < 1.29 is 24.0 Å². The van der Waals surface area contributed by atoms with Crippen molar-refractivity contribution in [1.82, 2.24) is 0 Å². The third-order valence-electron chi connectivity index (χ3n) is 2.75. The maximum atomic E-state index is 14.0. The molecule has 0 saturated heterocycles. The van der Waals surface area contributed by atoms with Gasteiger partial charge in [0, 0.05) is 11.9 Å².